The number of carbonyl (C=O) groups excluding carboxylic acids is 1. The predicted molar refractivity (Wildman–Crippen MR) is 86.3 cm³/mol. The topological polar surface area (TPSA) is 152 Å². The monoisotopic (exact) mass is 369 g/mol. The van der Waals surface area contributed by atoms with Gasteiger partial charge in [-0.3, -0.25) is 4.79 Å². The molecule has 24 heavy (non-hydrogen) atoms. The number of ether oxygens (including phenoxy) is 3. The van der Waals surface area contributed by atoms with Crippen LogP contribution in [0.2, 0.25) is 0 Å². The van der Waals surface area contributed by atoms with Gasteiger partial charge < -0.3 is 40.4 Å². The second-order valence-corrected chi connectivity index (χ2v) is 6.50. The summed E-state index contributed by atoms with van der Waals surface area (Å²) in [6, 6.07) is -0.665. The molecule has 0 aromatic rings. The van der Waals surface area contributed by atoms with Crippen molar-refractivity contribution in [2.45, 2.75) is 50.1 Å². The first-order valence-electron chi connectivity index (χ1n) is 7.84. The highest BCUT2D eigenvalue weighted by atomic mass is 32.2. The van der Waals surface area contributed by atoms with Crippen molar-refractivity contribution in [3.05, 3.63) is 0 Å². The number of carbonyl (C=O) groups is 1. The van der Waals surface area contributed by atoms with Gasteiger partial charge in [0.05, 0.1) is 19.8 Å². The fraction of sp³-hybridized carbons (Fsp3) is 0.929. The number of aliphatic hydroxyl groups is 4. The highest BCUT2D eigenvalue weighted by Gasteiger charge is 2.43. The molecule has 0 spiro atoms. The van der Waals surface area contributed by atoms with Gasteiger partial charge in [0.2, 0.25) is 0 Å². The maximum absolute atomic E-state index is 11.3. The van der Waals surface area contributed by atoms with Crippen LogP contribution >= 0.6 is 11.8 Å². The van der Waals surface area contributed by atoms with Crippen LogP contribution in [0.5, 0.6) is 0 Å². The third-order valence-electron chi connectivity index (χ3n) is 3.45. The molecule has 0 aliphatic carbocycles. The van der Waals surface area contributed by atoms with Gasteiger partial charge in [-0.15, -0.1) is 0 Å². The zero-order valence-corrected chi connectivity index (χ0v) is 14.4. The van der Waals surface area contributed by atoms with E-state index in [0.29, 0.717) is 24.5 Å². The van der Waals surface area contributed by atoms with Crippen molar-refractivity contribution < 1.29 is 39.4 Å². The summed E-state index contributed by atoms with van der Waals surface area (Å²) in [5, 5.41) is 38.1. The van der Waals surface area contributed by atoms with Gasteiger partial charge in [-0.2, -0.15) is 11.8 Å². The van der Waals surface area contributed by atoms with Crippen LogP contribution < -0.4 is 5.73 Å². The second kappa shape index (κ2) is 11.2. The van der Waals surface area contributed by atoms with E-state index in [-0.39, 0.29) is 6.61 Å². The fourth-order valence-corrected chi connectivity index (χ4v) is 2.97. The van der Waals surface area contributed by atoms with E-state index in [1.807, 2.05) is 0 Å². The van der Waals surface area contributed by atoms with Crippen LogP contribution in [0.25, 0.3) is 0 Å². The molecule has 6 N–H and O–H groups in total. The lowest BCUT2D eigenvalue weighted by atomic mass is 9.99. The Balaban J connectivity index is 2.19. The summed E-state index contributed by atoms with van der Waals surface area (Å²) in [4.78, 5) is 11.3. The summed E-state index contributed by atoms with van der Waals surface area (Å²) in [6.07, 6.45) is -5.73. The van der Waals surface area contributed by atoms with Gasteiger partial charge in [-0.1, -0.05) is 0 Å². The average molecular weight is 369 g/mol. The first-order chi connectivity index (χ1) is 11.4. The normalized spacial score (nSPS) is 31.7. The Kier molecular flexibility index (Phi) is 10.1. The summed E-state index contributed by atoms with van der Waals surface area (Å²) in [5.74, 6) is 0.672. The van der Waals surface area contributed by atoms with E-state index in [1.165, 1.54) is 11.8 Å². The number of aliphatic hydroxyl groups excluding tert-OH is 4. The molecule has 0 bridgehead atoms. The van der Waals surface area contributed by atoms with Crippen LogP contribution in [0.3, 0.4) is 0 Å². The molecular weight excluding hydrogens is 342 g/mol. The molecule has 6 atom stereocenters. The maximum Gasteiger partial charge on any atom is 0.323 e. The van der Waals surface area contributed by atoms with Crippen LogP contribution in [0.1, 0.15) is 13.3 Å². The molecule has 1 aliphatic heterocycles. The second-order valence-electron chi connectivity index (χ2n) is 5.36. The number of hydrogen-bond acceptors (Lipinski definition) is 10. The number of rotatable bonds is 10. The molecule has 1 fully saturated rings. The lowest BCUT2D eigenvalue weighted by Crippen LogP contribution is -2.59. The smallest absolute Gasteiger partial charge is 0.323 e. The maximum atomic E-state index is 11.3. The van der Waals surface area contributed by atoms with Crippen LogP contribution in [0.4, 0.5) is 0 Å². The zero-order chi connectivity index (χ0) is 18.1. The third-order valence-corrected chi connectivity index (χ3v) is 4.62. The van der Waals surface area contributed by atoms with Crippen LogP contribution in [0, 0.1) is 0 Å². The summed E-state index contributed by atoms with van der Waals surface area (Å²) >= 11 is 1.47. The Morgan fingerprint density at radius 1 is 1.29 bits per heavy atom. The Morgan fingerprint density at radius 3 is 2.62 bits per heavy atom. The fourth-order valence-electron chi connectivity index (χ4n) is 2.09. The van der Waals surface area contributed by atoms with E-state index in [4.69, 9.17) is 25.1 Å². The van der Waals surface area contributed by atoms with Gasteiger partial charge in [-0.25, -0.2) is 0 Å². The van der Waals surface area contributed by atoms with E-state index in [1.54, 1.807) is 6.92 Å². The molecular formula is C14H27NO8S. The van der Waals surface area contributed by atoms with Gasteiger partial charge in [0.25, 0.3) is 0 Å². The molecule has 0 aromatic heterocycles. The van der Waals surface area contributed by atoms with Crippen molar-refractivity contribution in [3.8, 4) is 0 Å². The van der Waals surface area contributed by atoms with E-state index >= 15 is 0 Å². The molecule has 142 valence electrons. The van der Waals surface area contributed by atoms with E-state index < -0.39 is 49.3 Å². The van der Waals surface area contributed by atoms with Crippen molar-refractivity contribution >= 4 is 17.7 Å². The number of nitrogens with two attached hydrogens (primary N) is 1. The Labute approximate surface area is 145 Å². The molecule has 0 radical (unpaired) electrons. The molecule has 1 aliphatic rings. The summed E-state index contributed by atoms with van der Waals surface area (Å²) in [7, 11) is 0. The summed E-state index contributed by atoms with van der Waals surface area (Å²) in [5.41, 5.74) is 5.66. The summed E-state index contributed by atoms with van der Waals surface area (Å²) in [6.45, 7) is 1.76. The molecule has 0 aromatic carbocycles. The molecule has 1 heterocycles. The predicted octanol–water partition coefficient (Wildman–Crippen LogP) is -2.18. The molecule has 0 saturated carbocycles. The van der Waals surface area contributed by atoms with Gasteiger partial charge in [0.1, 0.15) is 30.5 Å². The van der Waals surface area contributed by atoms with Crippen molar-refractivity contribution in [1.82, 2.24) is 0 Å². The highest BCUT2D eigenvalue weighted by molar-refractivity contribution is 7.99. The highest BCUT2D eigenvalue weighted by Crippen LogP contribution is 2.22. The molecule has 0 amide bonds. The lowest BCUT2D eigenvalue weighted by molar-refractivity contribution is -0.300. The minimum atomic E-state index is -1.45. The van der Waals surface area contributed by atoms with Crippen LogP contribution in [-0.4, -0.2) is 94.5 Å². The Hall–Kier alpha value is -0.460. The number of esters is 1. The zero-order valence-electron chi connectivity index (χ0n) is 13.6. The summed E-state index contributed by atoms with van der Waals surface area (Å²) < 4.78 is 15.4. The van der Waals surface area contributed by atoms with Gasteiger partial charge in [0, 0.05) is 5.75 Å². The van der Waals surface area contributed by atoms with Crippen molar-refractivity contribution in [3.63, 3.8) is 0 Å². The average Bonchev–Trinajstić information content (AvgIpc) is 2.57. The van der Waals surface area contributed by atoms with Gasteiger partial charge in [0.15, 0.2) is 6.29 Å². The van der Waals surface area contributed by atoms with Gasteiger partial charge in [-0.05, 0) is 19.1 Å². The first-order valence-corrected chi connectivity index (χ1v) is 8.99. The van der Waals surface area contributed by atoms with Gasteiger partial charge >= 0.3 is 5.97 Å². The van der Waals surface area contributed by atoms with E-state index in [2.05, 4.69) is 0 Å². The molecule has 1 saturated heterocycles. The molecule has 10 heteroatoms. The number of hydrogen-bond donors (Lipinski definition) is 5. The standard InChI is InChI=1S/C14H27NO8S/c1-2-21-13(20)8(15)7-24-5-3-4-22-14-12(19)11(18)10(17)9(6-16)23-14/h8-12,14,16-19H,2-7,15H2,1H3/t8-,9+,10+,11-,12-,14-/m0/s1. The van der Waals surface area contributed by atoms with E-state index in [0.717, 1.165) is 0 Å². The quantitative estimate of drug-likeness (QED) is 0.212. The minimum Gasteiger partial charge on any atom is -0.465 e. The minimum absolute atomic E-state index is 0.240. The van der Waals surface area contributed by atoms with Crippen LogP contribution in [-0.2, 0) is 19.0 Å². The Bertz CT molecular complexity index is 373. The molecule has 0 unspecified atom stereocenters. The largest absolute Gasteiger partial charge is 0.465 e. The van der Waals surface area contributed by atoms with Crippen molar-refractivity contribution in [1.29, 1.82) is 0 Å². The molecule has 1 rings (SSSR count). The van der Waals surface area contributed by atoms with Crippen molar-refractivity contribution in [2.75, 3.05) is 31.3 Å². The lowest BCUT2D eigenvalue weighted by Gasteiger charge is -2.39. The van der Waals surface area contributed by atoms with E-state index in [9.17, 15) is 20.1 Å². The van der Waals surface area contributed by atoms with Crippen molar-refractivity contribution in [2.24, 2.45) is 5.73 Å². The van der Waals surface area contributed by atoms with Crippen LogP contribution in [0.15, 0.2) is 0 Å². The molecule has 9 nitrogen and oxygen atoms in total. The third kappa shape index (κ3) is 6.45. The SMILES string of the molecule is CCOC(=O)[C@@H](N)CSCCCO[C@H]1O[C@H](CO)[C@@H](O)[C@H](O)[C@@H]1O. The first kappa shape index (κ1) is 21.6. The Morgan fingerprint density at radius 2 is 2.00 bits per heavy atom. The number of thioether (sulfide) groups is 1.